The molecule has 0 aliphatic rings. The molecule has 0 aliphatic carbocycles. The second-order valence-electron chi connectivity index (χ2n) is 7.56. The highest BCUT2D eigenvalue weighted by atomic mass is 16.6. The summed E-state index contributed by atoms with van der Waals surface area (Å²) in [5, 5.41) is 0. The fraction of sp³-hybridized carbons (Fsp3) is 0.346. The van der Waals surface area contributed by atoms with Crippen LogP contribution in [-0.2, 0) is 39.8 Å². The van der Waals surface area contributed by atoms with Crippen LogP contribution in [0.15, 0.2) is 42.5 Å². The second-order valence-corrected chi connectivity index (χ2v) is 7.56. The molecule has 2 rings (SSSR count). The lowest BCUT2D eigenvalue weighted by Crippen LogP contribution is -2.49. The lowest BCUT2D eigenvalue weighted by atomic mass is 9.77. The first-order chi connectivity index (χ1) is 16.6. The van der Waals surface area contributed by atoms with Gasteiger partial charge in [-0.2, -0.15) is 0 Å². The number of carbonyl (C=O) groups is 5. The summed E-state index contributed by atoms with van der Waals surface area (Å²) in [5.41, 5.74) is -0.407. The first-order valence-corrected chi connectivity index (χ1v) is 10.9. The van der Waals surface area contributed by atoms with Gasteiger partial charge in [0.25, 0.3) is 0 Å². The van der Waals surface area contributed by atoms with E-state index in [9.17, 15) is 24.0 Å². The van der Waals surface area contributed by atoms with E-state index in [1.54, 1.807) is 38.1 Å². The summed E-state index contributed by atoms with van der Waals surface area (Å²) in [7, 11) is 2.44. The zero-order chi connectivity index (χ0) is 26.2. The van der Waals surface area contributed by atoms with E-state index in [1.807, 2.05) is 0 Å². The molecule has 0 saturated carbocycles. The van der Waals surface area contributed by atoms with Gasteiger partial charge in [-0.15, -0.1) is 0 Å². The van der Waals surface area contributed by atoms with Crippen LogP contribution in [0.2, 0.25) is 0 Å². The molecule has 0 saturated heterocycles. The van der Waals surface area contributed by atoms with Gasteiger partial charge >= 0.3 is 23.9 Å². The summed E-state index contributed by atoms with van der Waals surface area (Å²) >= 11 is 0. The molecule has 186 valence electrons. The van der Waals surface area contributed by atoms with Crippen LogP contribution in [0, 0.1) is 5.41 Å². The molecule has 0 N–H and O–H groups in total. The maximum Gasteiger partial charge on any atom is 0.337 e. The van der Waals surface area contributed by atoms with Crippen LogP contribution in [0.4, 0.5) is 0 Å². The fourth-order valence-electron chi connectivity index (χ4n) is 3.58. The van der Waals surface area contributed by atoms with Crippen LogP contribution in [0.25, 0.3) is 11.1 Å². The Morgan fingerprint density at radius 2 is 1.26 bits per heavy atom. The van der Waals surface area contributed by atoms with Crippen LogP contribution < -0.4 is 0 Å². The first kappa shape index (κ1) is 27.2. The van der Waals surface area contributed by atoms with E-state index in [0.29, 0.717) is 16.7 Å². The minimum absolute atomic E-state index is 0.0239. The van der Waals surface area contributed by atoms with Gasteiger partial charge in [0.1, 0.15) is 0 Å². The lowest BCUT2D eigenvalue weighted by molar-refractivity contribution is -0.174. The van der Waals surface area contributed by atoms with Crippen LogP contribution >= 0.6 is 0 Å². The van der Waals surface area contributed by atoms with Crippen molar-refractivity contribution < 1.29 is 42.9 Å². The summed E-state index contributed by atoms with van der Waals surface area (Å²) in [6, 6.07) is 11.1. The maximum absolute atomic E-state index is 12.8. The number of benzene rings is 2. The van der Waals surface area contributed by atoms with Crippen molar-refractivity contribution in [1.29, 1.82) is 0 Å². The smallest absolute Gasteiger partial charge is 0.337 e. The maximum atomic E-state index is 12.8. The van der Waals surface area contributed by atoms with Crippen LogP contribution in [0.1, 0.15) is 47.1 Å². The third-order valence-electron chi connectivity index (χ3n) is 5.35. The minimum atomic E-state index is -2.17. The zero-order valence-electron chi connectivity index (χ0n) is 20.3. The lowest BCUT2D eigenvalue weighted by Gasteiger charge is -2.27. The van der Waals surface area contributed by atoms with E-state index >= 15 is 0 Å². The molecule has 0 amide bonds. The van der Waals surface area contributed by atoms with Crippen LogP contribution in [-0.4, -0.2) is 57.1 Å². The van der Waals surface area contributed by atoms with Crippen molar-refractivity contribution in [2.45, 2.75) is 27.2 Å². The Morgan fingerprint density at radius 1 is 0.743 bits per heavy atom. The number of esters is 4. The van der Waals surface area contributed by atoms with Crippen molar-refractivity contribution in [2.75, 3.05) is 27.4 Å². The number of carbonyl (C=O) groups excluding carboxylic acids is 5. The molecule has 0 unspecified atom stereocenters. The summed E-state index contributed by atoms with van der Waals surface area (Å²) in [5.74, 6) is -3.98. The van der Waals surface area contributed by atoms with Crippen LogP contribution in [0.3, 0.4) is 0 Å². The van der Waals surface area contributed by atoms with Gasteiger partial charge in [0.2, 0.25) is 5.41 Å². The standard InChI is InChI=1S/C26H28O9/c1-6-34-24(30)26(16(3)27,25(31)35-7-2)15-17-9-8-10-18(11-17)19-12-20(22(28)32-4)14-21(13-19)23(29)33-5/h8-14H,6-7,15H2,1-5H3. The van der Waals surface area contributed by atoms with Crippen LogP contribution in [0.5, 0.6) is 0 Å². The van der Waals surface area contributed by atoms with Gasteiger partial charge in [-0.25, -0.2) is 9.59 Å². The Balaban J connectivity index is 2.62. The van der Waals surface area contributed by atoms with E-state index < -0.39 is 35.1 Å². The number of hydrogen-bond acceptors (Lipinski definition) is 9. The molecule has 2 aromatic carbocycles. The Hall–Kier alpha value is -4.01. The molecule has 0 aromatic heterocycles. The SMILES string of the molecule is CCOC(=O)C(Cc1cccc(-c2cc(C(=O)OC)cc(C(=O)OC)c2)c1)(C(C)=O)C(=O)OCC. The van der Waals surface area contributed by atoms with E-state index in [2.05, 4.69) is 0 Å². The zero-order valence-corrected chi connectivity index (χ0v) is 20.3. The summed E-state index contributed by atoms with van der Waals surface area (Å²) < 4.78 is 19.7. The number of methoxy groups -OCH3 is 2. The summed E-state index contributed by atoms with van der Waals surface area (Å²) in [6.07, 6.45) is -0.297. The third kappa shape index (κ3) is 5.92. The van der Waals surface area contributed by atoms with Gasteiger partial charge in [-0.3, -0.25) is 14.4 Å². The molecule has 0 bridgehead atoms. The van der Waals surface area contributed by atoms with Crippen molar-refractivity contribution in [1.82, 2.24) is 0 Å². The van der Waals surface area contributed by atoms with Crippen molar-refractivity contribution in [3.63, 3.8) is 0 Å². The van der Waals surface area contributed by atoms with Gasteiger partial charge in [-0.05, 0) is 55.7 Å². The summed E-state index contributed by atoms with van der Waals surface area (Å²) in [6.45, 7) is 4.23. The number of ether oxygens (including phenoxy) is 4. The number of Topliss-reactive ketones (excluding diaryl/α,β-unsaturated/α-hetero) is 1. The van der Waals surface area contributed by atoms with Crippen molar-refractivity contribution >= 4 is 29.7 Å². The minimum Gasteiger partial charge on any atom is -0.465 e. The van der Waals surface area contributed by atoms with Crippen molar-refractivity contribution in [3.05, 3.63) is 59.2 Å². The molecule has 0 heterocycles. The second kappa shape index (κ2) is 11.9. The third-order valence-corrected chi connectivity index (χ3v) is 5.35. The number of rotatable bonds is 10. The molecule has 0 fully saturated rings. The Bertz CT molecular complexity index is 1080. The van der Waals surface area contributed by atoms with E-state index in [-0.39, 0.29) is 30.8 Å². The molecule has 9 heteroatoms. The van der Waals surface area contributed by atoms with E-state index in [0.717, 1.165) is 6.92 Å². The van der Waals surface area contributed by atoms with Gasteiger partial charge in [0.15, 0.2) is 5.78 Å². The Kier molecular flexibility index (Phi) is 9.27. The van der Waals surface area contributed by atoms with Crippen molar-refractivity contribution in [2.24, 2.45) is 5.41 Å². The number of hydrogen-bond donors (Lipinski definition) is 0. The molecular weight excluding hydrogens is 456 g/mol. The van der Waals surface area contributed by atoms with Gasteiger partial charge in [0, 0.05) is 6.42 Å². The average Bonchev–Trinajstić information content (AvgIpc) is 2.86. The van der Waals surface area contributed by atoms with E-state index in [1.165, 1.54) is 32.4 Å². The quantitative estimate of drug-likeness (QED) is 0.284. The topological polar surface area (TPSA) is 122 Å². The number of ketones is 1. The average molecular weight is 485 g/mol. The highest BCUT2D eigenvalue weighted by molar-refractivity contribution is 6.19. The van der Waals surface area contributed by atoms with Gasteiger partial charge in [0.05, 0.1) is 38.6 Å². The molecule has 2 aromatic rings. The molecule has 9 nitrogen and oxygen atoms in total. The highest BCUT2D eigenvalue weighted by Crippen LogP contribution is 2.31. The molecule has 0 radical (unpaired) electrons. The highest BCUT2D eigenvalue weighted by Gasteiger charge is 2.53. The normalized spacial score (nSPS) is 10.8. The molecule has 0 spiro atoms. The Morgan fingerprint density at radius 3 is 1.69 bits per heavy atom. The monoisotopic (exact) mass is 484 g/mol. The molecule has 0 atom stereocenters. The predicted octanol–water partition coefficient (Wildman–Crippen LogP) is 3.17. The van der Waals surface area contributed by atoms with Crippen molar-refractivity contribution in [3.8, 4) is 11.1 Å². The molecule has 35 heavy (non-hydrogen) atoms. The summed E-state index contributed by atoms with van der Waals surface area (Å²) in [4.78, 5) is 62.6. The van der Waals surface area contributed by atoms with Gasteiger partial charge in [-0.1, -0.05) is 24.3 Å². The van der Waals surface area contributed by atoms with Gasteiger partial charge < -0.3 is 18.9 Å². The molecule has 0 aliphatic heterocycles. The largest absolute Gasteiger partial charge is 0.465 e. The van der Waals surface area contributed by atoms with E-state index in [4.69, 9.17) is 18.9 Å². The molecular formula is C26H28O9. The fourth-order valence-corrected chi connectivity index (χ4v) is 3.58. The Labute approximate surface area is 203 Å². The predicted molar refractivity (Wildman–Crippen MR) is 125 cm³/mol. The first-order valence-electron chi connectivity index (χ1n) is 10.9.